The molecular weight excluding hydrogens is 488 g/mol. The van der Waals surface area contributed by atoms with Crippen LogP contribution < -0.4 is 9.64 Å². The molecule has 8 nitrogen and oxygen atoms in total. The molecule has 37 heavy (non-hydrogen) atoms. The molecule has 5 aromatic rings. The lowest BCUT2D eigenvalue weighted by atomic mass is 9.96. The number of hydrogen-bond donors (Lipinski definition) is 1. The fourth-order valence-corrected chi connectivity index (χ4v) is 5.76. The van der Waals surface area contributed by atoms with Gasteiger partial charge in [-0.1, -0.05) is 47.2 Å². The highest BCUT2D eigenvalue weighted by atomic mass is 32.1. The van der Waals surface area contributed by atoms with E-state index in [4.69, 9.17) is 4.74 Å². The summed E-state index contributed by atoms with van der Waals surface area (Å²) in [5, 5.41) is 12.0. The Morgan fingerprint density at radius 2 is 1.81 bits per heavy atom. The second kappa shape index (κ2) is 8.56. The Hall–Kier alpha value is -4.50. The quantitative estimate of drug-likeness (QED) is 0.203. The highest BCUT2D eigenvalue weighted by molar-refractivity contribution is 7.22. The maximum Gasteiger partial charge on any atom is 0.301 e. The standard InChI is InChI=1S/C28H22N4O4S/c1-15-7-9-17(10-8-15)24-22(25(33)23-16(2)29-21-6-4-5-13-31(21)23)26(34)27(35)32(24)28-30-19-12-11-18(36-3)14-20(19)37-28/h4-14,24,33H,1-3H3. The molecule has 0 radical (unpaired) electrons. The maximum absolute atomic E-state index is 13.6. The molecule has 3 aromatic heterocycles. The number of hydrogen-bond acceptors (Lipinski definition) is 7. The van der Waals surface area contributed by atoms with E-state index in [1.807, 2.05) is 61.5 Å². The minimum atomic E-state index is -0.864. The van der Waals surface area contributed by atoms with Gasteiger partial charge in [-0.05, 0) is 49.7 Å². The molecule has 1 atom stereocenters. The first-order chi connectivity index (χ1) is 17.9. The number of ether oxygens (including phenoxy) is 1. The normalized spacial score (nSPS) is 17.3. The number of anilines is 1. The Morgan fingerprint density at radius 3 is 2.57 bits per heavy atom. The lowest BCUT2D eigenvalue weighted by Crippen LogP contribution is -2.29. The van der Waals surface area contributed by atoms with Gasteiger partial charge >= 0.3 is 5.91 Å². The van der Waals surface area contributed by atoms with Gasteiger partial charge in [-0.2, -0.15) is 0 Å². The third-order valence-corrected chi connectivity index (χ3v) is 7.57. The number of pyridine rings is 1. The van der Waals surface area contributed by atoms with Crippen LogP contribution in [0.5, 0.6) is 5.75 Å². The zero-order valence-corrected chi connectivity index (χ0v) is 21.1. The first-order valence-corrected chi connectivity index (χ1v) is 12.4. The Bertz CT molecular complexity index is 1750. The average Bonchev–Trinajstić information content (AvgIpc) is 3.54. The Morgan fingerprint density at radius 1 is 1.03 bits per heavy atom. The van der Waals surface area contributed by atoms with E-state index in [1.165, 1.54) is 16.2 Å². The summed E-state index contributed by atoms with van der Waals surface area (Å²) in [5.74, 6) is -1.12. The van der Waals surface area contributed by atoms with Gasteiger partial charge in [-0.15, -0.1) is 0 Å². The van der Waals surface area contributed by atoms with E-state index in [0.717, 1.165) is 10.3 Å². The van der Waals surface area contributed by atoms with Crippen LogP contribution >= 0.6 is 11.3 Å². The number of aliphatic hydroxyl groups is 1. The third-order valence-electron chi connectivity index (χ3n) is 6.56. The number of carbonyl (C=O) groups is 2. The third kappa shape index (κ3) is 3.58. The van der Waals surface area contributed by atoms with Crippen LogP contribution in [0.2, 0.25) is 0 Å². The fourth-order valence-electron chi connectivity index (χ4n) is 4.74. The summed E-state index contributed by atoms with van der Waals surface area (Å²) in [6.07, 6.45) is 1.77. The van der Waals surface area contributed by atoms with Crippen LogP contribution in [0.15, 0.2) is 72.4 Å². The Labute approximate surface area is 216 Å². The number of methoxy groups -OCH3 is 1. The number of aliphatic hydroxyl groups excluding tert-OH is 1. The van der Waals surface area contributed by atoms with Crippen molar-refractivity contribution < 1.29 is 19.4 Å². The van der Waals surface area contributed by atoms with Gasteiger partial charge in [0.05, 0.1) is 34.6 Å². The van der Waals surface area contributed by atoms with E-state index in [2.05, 4.69) is 9.97 Å². The van der Waals surface area contributed by atoms with Crippen molar-refractivity contribution in [2.75, 3.05) is 12.0 Å². The van der Waals surface area contributed by atoms with Crippen LogP contribution in [0.25, 0.3) is 21.6 Å². The van der Waals surface area contributed by atoms with Crippen LogP contribution in [0.4, 0.5) is 5.13 Å². The number of Topliss-reactive ketones (excluding diaryl/α,β-unsaturated/α-hetero) is 1. The van der Waals surface area contributed by atoms with Crippen molar-refractivity contribution in [2.45, 2.75) is 19.9 Å². The first-order valence-electron chi connectivity index (χ1n) is 11.6. The van der Waals surface area contributed by atoms with Gasteiger partial charge in [0.2, 0.25) is 0 Å². The second-order valence-corrected chi connectivity index (χ2v) is 9.89. The molecule has 1 fully saturated rings. The number of rotatable bonds is 4. The molecule has 6 rings (SSSR count). The van der Waals surface area contributed by atoms with E-state index in [-0.39, 0.29) is 11.3 Å². The molecule has 0 aliphatic carbocycles. The van der Waals surface area contributed by atoms with Crippen molar-refractivity contribution in [2.24, 2.45) is 0 Å². The monoisotopic (exact) mass is 510 g/mol. The largest absolute Gasteiger partial charge is 0.505 e. The molecule has 2 aromatic carbocycles. The summed E-state index contributed by atoms with van der Waals surface area (Å²) < 4.78 is 7.86. The average molecular weight is 511 g/mol. The fraction of sp³-hybridized carbons (Fsp3) is 0.143. The molecule has 0 bridgehead atoms. The molecule has 1 unspecified atom stereocenters. The van der Waals surface area contributed by atoms with Crippen LogP contribution in [-0.2, 0) is 9.59 Å². The van der Waals surface area contributed by atoms with E-state index in [0.29, 0.717) is 39.0 Å². The smallest absolute Gasteiger partial charge is 0.301 e. The molecule has 1 aliphatic rings. The number of aryl methyl sites for hydroxylation is 2. The second-order valence-electron chi connectivity index (χ2n) is 8.88. The number of nitrogens with zero attached hydrogens (tertiary/aromatic N) is 4. The molecule has 9 heteroatoms. The van der Waals surface area contributed by atoms with E-state index < -0.39 is 17.7 Å². The van der Waals surface area contributed by atoms with E-state index >= 15 is 0 Å². The van der Waals surface area contributed by atoms with Gasteiger partial charge in [-0.3, -0.25) is 18.9 Å². The molecule has 4 heterocycles. The van der Waals surface area contributed by atoms with E-state index in [1.54, 1.807) is 30.7 Å². The molecule has 1 aliphatic heterocycles. The Kier molecular flexibility index (Phi) is 5.31. The first kappa shape index (κ1) is 22.9. The molecule has 184 valence electrons. The zero-order chi connectivity index (χ0) is 25.8. The van der Waals surface area contributed by atoms with Gasteiger partial charge < -0.3 is 9.84 Å². The predicted molar refractivity (Wildman–Crippen MR) is 142 cm³/mol. The number of benzene rings is 2. The number of fused-ring (bicyclic) bond motifs is 2. The highest BCUT2D eigenvalue weighted by Gasteiger charge is 2.48. The highest BCUT2D eigenvalue weighted by Crippen LogP contribution is 2.45. The summed E-state index contributed by atoms with van der Waals surface area (Å²) in [4.78, 5) is 37.7. The van der Waals surface area contributed by atoms with Crippen molar-refractivity contribution >= 4 is 49.8 Å². The van der Waals surface area contributed by atoms with Crippen molar-refractivity contribution in [1.82, 2.24) is 14.4 Å². The van der Waals surface area contributed by atoms with E-state index in [9.17, 15) is 14.7 Å². The maximum atomic E-state index is 13.6. The van der Waals surface area contributed by atoms with Crippen LogP contribution in [0.3, 0.4) is 0 Å². The summed E-state index contributed by atoms with van der Waals surface area (Å²) in [6.45, 7) is 3.73. The van der Waals surface area contributed by atoms with Crippen molar-refractivity contribution in [1.29, 1.82) is 0 Å². The summed E-state index contributed by atoms with van der Waals surface area (Å²) in [5.41, 5.74) is 3.95. The number of imidazole rings is 1. The predicted octanol–water partition coefficient (Wildman–Crippen LogP) is 5.20. The van der Waals surface area contributed by atoms with Gasteiger partial charge in [0.15, 0.2) is 10.9 Å². The minimum absolute atomic E-state index is 0.000516. The summed E-state index contributed by atoms with van der Waals surface area (Å²) in [6, 6.07) is 17.6. The zero-order valence-electron chi connectivity index (χ0n) is 20.3. The number of amides is 1. The van der Waals surface area contributed by atoms with Gasteiger partial charge in [-0.25, -0.2) is 9.97 Å². The molecule has 0 spiro atoms. The number of carbonyl (C=O) groups excluding carboxylic acids is 2. The lowest BCUT2D eigenvalue weighted by molar-refractivity contribution is -0.132. The topological polar surface area (TPSA) is 97.0 Å². The lowest BCUT2D eigenvalue weighted by Gasteiger charge is -2.23. The van der Waals surface area contributed by atoms with Crippen molar-refractivity contribution in [3.8, 4) is 5.75 Å². The number of aromatic nitrogens is 3. The SMILES string of the molecule is COc1ccc2nc(N3C(=O)C(=O)C(=C(O)c4c(C)nc5ccccn45)C3c3ccc(C)cc3)sc2c1. The van der Waals surface area contributed by atoms with Crippen molar-refractivity contribution in [3.05, 3.63) is 94.9 Å². The van der Waals surface area contributed by atoms with Crippen LogP contribution in [0, 0.1) is 13.8 Å². The Balaban J connectivity index is 1.59. The van der Waals surface area contributed by atoms with Gasteiger partial charge in [0, 0.05) is 6.20 Å². The van der Waals surface area contributed by atoms with Gasteiger partial charge in [0.1, 0.15) is 17.1 Å². The van der Waals surface area contributed by atoms with Gasteiger partial charge in [0.25, 0.3) is 5.78 Å². The molecule has 1 N–H and O–H groups in total. The van der Waals surface area contributed by atoms with Crippen molar-refractivity contribution in [3.63, 3.8) is 0 Å². The molecule has 1 amide bonds. The van der Waals surface area contributed by atoms with Crippen LogP contribution in [-0.4, -0.2) is 38.3 Å². The summed E-state index contributed by atoms with van der Waals surface area (Å²) in [7, 11) is 1.58. The number of ketones is 1. The molecular formula is C28H22N4O4S. The number of thiazole rings is 1. The molecule has 0 saturated carbocycles. The minimum Gasteiger partial charge on any atom is -0.505 e. The van der Waals surface area contributed by atoms with Crippen LogP contribution in [0.1, 0.15) is 28.6 Å². The molecule has 1 saturated heterocycles. The summed E-state index contributed by atoms with van der Waals surface area (Å²) >= 11 is 1.29.